The monoisotopic (exact) mass is 435 g/mol. The number of carbonyl (C=O) groups is 1. The summed E-state index contributed by atoms with van der Waals surface area (Å²) in [4.78, 5) is 14.0. The Labute approximate surface area is 173 Å². The number of benzene rings is 1. The van der Waals surface area contributed by atoms with E-state index in [4.69, 9.17) is 4.74 Å². The van der Waals surface area contributed by atoms with Gasteiger partial charge in [-0.25, -0.2) is 13.2 Å². The van der Waals surface area contributed by atoms with Crippen LogP contribution < -0.4 is 4.72 Å². The Morgan fingerprint density at radius 2 is 1.79 bits per heavy atom. The summed E-state index contributed by atoms with van der Waals surface area (Å²) in [6, 6.07) is 10.5. The molecule has 0 unspecified atom stereocenters. The van der Waals surface area contributed by atoms with Crippen LogP contribution in [0.3, 0.4) is 0 Å². The van der Waals surface area contributed by atoms with Gasteiger partial charge >= 0.3 is 5.97 Å². The number of nitrogens with one attached hydrogen (secondary N) is 1. The van der Waals surface area contributed by atoms with Crippen LogP contribution in [0.4, 0.5) is 5.69 Å². The Bertz CT molecular complexity index is 1090. The predicted molar refractivity (Wildman–Crippen MR) is 115 cm³/mol. The molecular formula is C20H21NO4S3. The van der Waals surface area contributed by atoms with E-state index in [0.717, 1.165) is 4.88 Å². The first-order valence-electron chi connectivity index (χ1n) is 8.55. The number of hydrogen-bond acceptors (Lipinski definition) is 6. The maximum atomic E-state index is 13.0. The molecule has 148 valence electrons. The second-order valence-corrected chi connectivity index (χ2v) is 10.7. The molecule has 5 nitrogen and oxygen atoms in total. The van der Waals surface area contributed by atoms with Gasteiger partial charge in [-0.1, -0.05) is 24.3 Å². The Morgan fingerprint density at radius 1 is 1.07 bits per heavy atom. The molecule has 0 saturated carbocycles. The molecule has 0 spiro atoms. The Balaban J connectivity index is 2.09. The number of anilines is 1. The van der Waals surface area contributed by atoms with Crippen molar-refractivity contribution in [3.05, 3.63) is 57.6 Å². The fraction of sp³-hybridized carbons (Fsp3) is 0.250. The Hall–Kier alpha value is -2.16. The quantitative estimate of drug-likeness (QED) is 0.534. The maximum Gasteiger partial charge on any atom is 0.351 e. The van der Waals surface area contributed by atoms with Gasteiger partial charge in [-0.2, -0.15) is 0 Å². The fourth-order valence-electron chi connectivity index (χ4n) is 2.59. The molecular weight excluding hydrogens is 414 g/mol. The molecule has 2 heterocycles. The van der Waals surface area contributed by atoms with Crippen molar-refractivity contribution in [2.75, 3.05) is 4.72 Å². The molecule has 0 radical (unpaired) electrons. The molecule has 0 aliphatic rings. The number of thiophene rings is 2. The largest absolute Gasteiger partial charge is 0.456 e. The topological polar surface area (TPSA) is 72.5 Å². The average Bonchev–Trinajstić information content (AvgIpc) is 3.22. The molecule has 0 aliphatic carbocycles. The molecule has 1 aromatic carbocycles. The lowest BCUT2D eigenvalue weighted by molar-refractivity contribution is 0.00764. The summed E-state index contributed by atoms with van der Waals surface area (Å²) < 4.78 is 34.2. The van der Waals surface area contributed by atoms with Gasteiger partial charge in [-0.05, 0) is 50.8 Å². The van der Waals surface area contributed by atoms with Crippen LogP contribution in [0.5, 0.6) is 0 Å². The molecule has 1 N–H and O–H groups in total. The highest BCUT2D eigenvalue weighted by Gasteiger charge is 2.28. The van der Waals surface area contributed by atoms with E-state index in [-0.39, 0.29) is 15.5 Å². The minimum absolute atomic E-state index is 0.175. The normalized spacial score (nSPS) is 12.0. The molecule has 28 heavy (non-hydrogen) atoms. The second-order valence-electron chi connectivity index (χ2n) is 7.20. The summed E-state index contributed by atoms with van der Waals surface area (Å²) >= 11 is 2.64. The van der Waals surface area contributed by atoms with E-state index in [1.54, 1.807) is 57.3 Å². The molecule has 3 rings (SSSR count). The first-order valence-corrected chi connectivity index (χ1v) is 11.8. The van der Waals surface area contributed by atoms with E-state index in [0.29, 0.717) is 11.1 Å². The van der Waals surface area contributed by atoms with E-state index >= 15 is 0 Å². The first-order chi connectivity index (χ1) is 13.1. The third-order valence-corrected chi connectivity index (χ3v) is 7.15. The maximum absolute atomic E-state index is 13.0. The Kier molecular flexibility index (Phi) is 5.65. The van der Waals surface area contributed by atoms with Crippen molar-refractivity contribution >= 4 is 44.4 Å². The number of rotatable bonds is 5. The molecule has 8 heteroatoms. The SMILES string of the molecule is Cc1ccccc1S(=O)(=O)Nc1c(-c2cccs2)csc1C(=O)OC(C)(C)C. The van der Waals surface area contributed by atoms with Crippen LogP contribution in [-0.4, -0.2) is 20.0 Å². The van der Waals surface area contributed by atoms with E-state index in [1.165, 1.54) is 22.7 Å². The predicted octanol–water partition coefficient (Wildman–Crippen LogP) is 5.54. The highest BCUT2D eigenvalue weighted by molar-refractivity contribution is 7.92. The number of carbonyl (C=O) groups excluding carboxylic acids is 1. The van der Waals surface area contributed by atoms with Gasteiger partial charge < -0.3 is 4.74 Å². The summed E-state index contributed by atoms with van der Waals surface area (Å²) in [6.07, 6.45) is 0. The van der Waals surface area contributed by atoms with Crippen molar-refractivity contribution in [3.63, 3.8) is 0 Å². The van der Waals surface area contributed by atoms with Crippen LogP contribution in [0.1, 0.15) is 36.0 Å². The van der Waals surface area contributed by atoms with E-state index < -0.39 is 21.6 Å². The van der Waals surface area contributed by atoms with Crippen LogP contribution in [0, 0.1) is 6.92 Å². The van der Waals surface area contributed by atoms with Gasteiger partial charge in [-0.15, -0.1) is 22.7 Å². The van der Waals surface area contributed by atoms with Gasteiger partial charge in [0.05, 0.1) is 10.6 Å². The van der Waals surface area contributed by atoms with E-state index in [9.17, 15) is 13.2 Å². The van der Waals surface area contributed by atoms with Crippen molar-refractivity contribution in [1.29, 1.82) is 0 Å². The number of sulfonamides is 1. The highest BCUT2D eigenvalue weighted by Crippen LogP contribution is 2.40. The average molecular weight is 436 g/mol. The summed E-state index contributed by atoms with van der Waals surface area (Å²) in [6.45, 7) is 7.05. The third kappa shape index (κ3) is 4.45. The zero-order valence-electron chi connectivity index (χ0n) is 16.0. The third-order valence-electron chi connectivity index (χ3n) is 3.78. The van der Waals surface area contributed by atoms with Crippen molar-refractivity contribution in [1.82, 2.24) is 0 Å². The minimum atomic E-state index is -3.87. The smallest absolute Gasteiger partial charge is 0.351 e. The van der Waals surface area contributed by atoms with Crippen molar-refractivity contribution in [3.8, 4) is 10.4 Å². The molecule has 0 aliphatic heterocycles. The number of esters is 1. The van der Waals surface area contributed by atoms with Crippen molar-refractivity contribution in [2.24, 2.45) is 0 Å². The van der Waals surface area contributed by atoms with Gasteiger partial charge in [0, 0.05) is 15.8 Å². The zero-order chi connectivity index (χ0) is 20.5. The molecule has 0 fully saturated rings. The molecule has 0 bridgehead atoms. The summed E-state index contributed by atoms with van der Waals surface area (Å²) in [5.74, 6) is -0.553. The zero-order valence-corrected chi connectivity index (χ0v) is 18.4. The summed E-state index contributed by atoms with van der Waals surface area (Å²) in [5.41, 5.74) is 0.862. The van der Waals surface area contributed by atoms with Crippen LogP contribution >= 0.6 is 22.7 Å². The fourth-order valence-corrected chi connectivity index (χ4v) is 5.72. The van der Waals surface area contributed by atoms with Crippen LogP contribution in [0.15, 0.2) is 52.1 Å². The molecule has 2 aromatic heterocycles. The molecule has 0 amide bonds. The van der Waals surface area contributed by atoms with Crippen LogP contribution in [0.2, 0.25) is 0 Å². The van der Waals surface area contributed by atoms with Crippen LogP contribution in [-0.2, 0) is 14.8 Å². The molecule has 0 atom stereocenters. The Morgan fingerprint density at radius 3 is 2.39 bits per heavy atom. The van der Waals surface area contributed by atoms with Gasteiger partial charge in [0.15, 0.2) is 0 Å². The first kappa shape index (κ1) is 20.6. The standard InChI is InChI=1S/C20H21NO4S3/c1-13-8-5-6-10-16(13)28(23,24)21-17-14(15-9-7-11-26-15)12-27-18(17)19(22)25-20(2,3)4/h5-12,21H,1-4H3. The highest BCUT2D eigenvalue weighted by atomic mass is 32.2. The molecule has 0 saturated heterocycles. The lowest BCUT2D eigenvalue weighted by Crippen LogP contribution is -2.24. The number of aryl methyl sites for hydroxylation is 1. The lowest BCUT2D eigenvalue weighted by Gasteiger charge is -2.20. The van der Waals surface area contributed by atoms with Gasteiger partial charge in [0.25, 0.3) is 10.0 Å². The van der Waals surface area contributed by atoms with Gasteiger partial charge in [-0.3, -0.25) is 4.72 Å². The minimum Gasteiger partial charge on any atom is -0.456 e. The van der Waals surface area contributed by atoms with Gasteiger partial charge in [0.1, 0.15) is 10.5 Å². The van der Waals surface area contributed by atoms with Gasteiger partial charge in [0.2, 0.25) is 0 Å². The van der Waals surface area contributed by atoms with Crippen molar-refractivity contribution in [2.45, 2.75) is 38.2 Å². The number of ether oxygens (including phenoxy) is 1. The van der Waals surface area contributed by atoms with Crippen molar-refractivity contribution < 1.29 is 17.9 Å². The second kappa shape index (κ2) is 7.69. The molecule has 3 aromatic rings. The summed E-state index contributed by atoms with van der Waals surface area (Å²) in [7, 11) is -3.87. The van der Waals surface area contributed by atoms with E-state index in [2.05, 4.69) is 4.72 Å². The van der Waals surface area contributed by atoms with Crippen LogP contribution in [0.25, 0.3) is 10.4 Å². The number of hydrogen-bond donors (Lipinski definition) is 1. The summed E-state index contributed by atoms with van der Waals surface area (Å²) in [5, 5.41) is 3.68. The lowest BCUT2D eigenvalue weighted by atomic mass is 10.2. The van der Waals surface area contributed by atoms with E-state index in [1.807, 2.05) is 17.5 Å².